The van der Waals surface area contributed by atoms with Crippen molar-refractivity contribution < 1.29 is 17.9 Å². The Morgan fingerprint density at radius 2 is 1.89 bits per heavy atom. The van der Waals surface area contributed by atoms with E-state index < -0.39 is 21.7 Å². The molecule has 100 valence electrons. The molecule has 4 nitrogen and oxygen atoms in total. The second kappa shape index (κ2) is 6.20. The van der Waals surface area contributed by atoms with Crippen LogP contribution in [0.2, 0.25) is 5.02 Å². The lowest BCUT2D eigenvalue weighted by atomic mass is 10.2. The predicted octanol–water partition coefficient (Wildman–Crippen LogP) is 2.31. The number of hydrogen-bond donors (Lipinski definition) is 0. The zero-order chi connectivity index (χ0) is 13.8. The highest BCUT2D eigenvalue weighted by atomic mass is 35.5. The van der Waals surface area contributed by atoms with E-state index in [1.807, 2.05) is 0 Å². The van der Waals surface area contributed by atoms with Crippen LogP contribution in [-0.2, 0) is 19.4 Å². The number of carbonyl (C=O) groups is 1. The summed E-state index contributed by atoms with van der Waals surface area (Å²) in [6, 6.07) is 5.86. The maximum atomic E-state index is 12.0. The second-order valence-corrected chi connectivity index (χ2v) is 6.36. The summed E-state index contributed by atoms with van der Waals surface area (Å²) in [5, 5.41) is 0.465. The molecule has 6 heteroatoms. The molecule has 0 saturated heterocycles. The highest BCUT2D eigenvalue weighted by Gasteiger charge is 2.24. The highest BCUT2D eigenvalue weighted by molar-refractivity contribution is 7.91. The van der Waals surface area contributed by atoms with Crippen LogP contribution < -0.4 is 0 Å². The van der Waals surface area contributed by atoms with Crippen molar-refractivity contribution in [2.75, 3.05) is 12.4 Å². The Hall–Kier alpha value is -1.07. The third kappa shape index (κ3) is 3.99. The van der Waals surface area contributed by atoms with Gasteiger partial charge < -0.3 is 4.74 Å². The van der Waals surface area contributed by atoms with Gasteiger partial charge in [0.05, 0.1) is 23.2 Å². The van der Waals surface area contributed by atoms with Gasteiger partial charge in [0.15, 0.2) is 9.84 Å². The molecule has 0 fully saturated rings. The quantitative estimate of drug-likeness (QED) is 0.781. The summed E-state index contributed by atoms with van der Waals surface area (Å²) in [6.45, 7) is 3.45. The van der Waals surface area contributed by atoms with Gasteiger partial charge in [-0.05, 0) is 31.2 Å². The summed E-state index contributed by atoms with van der Waals surface area (Å²) < 4.78 is 28.8. The van der Waals surface area contributed by atoms with Crippen LogP contribution in [0.5, 0.6) is 0 Å². The Morgan fingerprint density at radius 1 is 1.33 bits per heavy atom. The monoisotopic (exact) mass is 290 g/mol. The van der Waals surface area contributed by atoms with Crippen LogP contribution in [0.25, 0.3) is 0 Å². The molecule has 0 heterocycles. The summed E-state index contributed by atoms with van der Waals surface area (Å²) in [6.07, 6.45) is 0. The van der Waals surface area contributed by atoms with Crippen LogP contribution >= 0.6 is 11.6 Å². The van der Waals surface area contributed by atoms with Crippen molar-refractivity contribution in [1.29, 1.82) is 0 Å². The van der Waals surface area contributed by atoms with Crippen LogP contribution in [-0.4, -0.2) is 26.7 Å². The molecule has 1 rings (SSSR count). The second-order valence-electron chi connectivity index (χ2n) is 3.89. The number of sulfone groups is 1. The molecule has 0 aliphatic rings. The Balaban J connectivity index is 2.82. The van der Waals surface area contributed by atoms with E-state index in [0.717, 1.165) is 0 Å². The molecule has 0 spiro atoms. The number of carbonyl (C=O) groups excluding carboxylic acids is 1. The fraction of sp³-hybridized carbons (Fsp3) is 0.417. The Morgan fingerprint density at radius 3 is 2.39 bits per heavy atom. The molecule has 0 N–H and O–H groups in total. The average Bonchev–Trinajstić information content (AvgIpc) is 2.29. The largest absolute Gasteiger partial charge is 0.466 e. The molecule has 0 bridgehead atoms. The minimum absolute atomic E-state index is 0.156. The molecule has 0 aliphatic carbocycles. The topological polar surface area (TPSA) is 60.4 Å². The highest BCUT2D eigenvalue weighted by Crippen LogP contribution is 2.17. The fourth-order valence-electron chi connectivity index (χ4n) is 1.42. The third-order valence-corrected chi connectivity index (χ3v) is 4.51. The predicted molar refractivity (Wildman–Crippen MR) is 69.3 cm³/mol. The normalized spacial score (nSPS) is 13.1. The molecule has 1 unspecified atom stereocenters. The zero-order valence-electron chi connectivity index (χ0n) is 10.2. The van der Waals surface area contributed by atoms with Crippen LogP contribution in [0.15, 0.2) is 29.2 Å². The number of rotatable bonds is 5. The molecule has 1 aromatic carbocycles. The van der Waals surface area contributed by atoms with E-state index in [1.165, 1.54) is 31.2 Å². The van der Waals surface area contributed by atoms with Gasteiger partial charge in [-0.3, -0.25) is 4.79 Å². The Kier molecular flexibility index (Phi) is 5.16. The first-order valence-corrected chi connectivity index (χ1v) is 7.55. The Bertz CT molecular complexity index is 507. The van der Waals surface area contributed by atoms with Gasteiger partial charge in [-0.2, -0.15) is 0 Å². The van der Waals surface area contributed by atoms with E-state index in [1.54, 1.807) is 6.92 Å². The summed E-state index contributed by atoms with van der Waals surface area (Å²) in [4.78, 5) is 11.6. The number of halogens is 1. The molecule has 18 heavy (non-hydrogen) atoms. The number of esters is 1. The summed E-state index contributed by atoms with van der Waals surface area (Å²) >= 11 is 5.69. The van der Waals surface area contributed by atoms with E-state index in [9.17, 15) is 13.2 Å². The van der Waals surface area contributed by atoms with Gasteiger partial charge in [0.1, 0.15) is 0 Å². The van der Waals surface area contributed by atoms with Crippen molar-refractivity contribution in [3.8, 4) is 0 Å². The number of benzene rings is 1. The molecule has 0 saturated carbocycles. The molecular formula is C12H15ClO4S. The van der Waals surface area contributed by atoms with Crippen LogP contribution in [0.4, 0.5) is 0 Å². The van der Waals surface area contributed by atoms with E-state index in [0.29, 0.717) is 5.02 Å². The average molecular weight is 291 g/mol. The summed E-state index contributed by atoms with van der Waals surface area (Å²) in [5.41, 5.74) is 0. The van der Waals surface area contributed by atoms with E-state index in [4.69, 9.17) is 16.3 Å². The van der Waals surface area contributed by atoms with Gasteiger partial charge in [-0.15, -0.1) is 0 Å². The standard InChI is InChI=1S/C12H15ClO4S/c1-3-17-12(14)9(2)8-18(15,16)11-6-4-10(13)5-7-11/h4-7,9H,3,8H2,1-2H3. The Labute approximate surface area is 112 Å². The molecule has 0 aromatic heterocycles. The van der Waals surface area contributed by atoms with Crippen molar-refractivity contribution >= 4 is 27.4 Å². The first-order chi connectivity index (χ1) is 8.36. The van der Waals surface area contributed by atoms with Gasteiger partial charge in [-0.25, -0.2) is 8.42 Å². The zero-order valence-corrected chi connectivity index (χ0v) is 11.8. The SMILES string of the molecule is CCOC(=O)C(C)CS(=O)(=O)c1ccc(Cl)cc1. The van der Waals surface area contributed by atoms with E-state index in [2.05, 4.69) is 0 Å². The van der Waals surface area contributed by atoms with Crippen LogP contribution in [0.3, 0.4) is 0 Å². The van der Waals surface area contributed by atoms with Crippen molar-refractivity contribution in [2.24, 2.45) is 5.92 Å². The van der Waals surface area contributed by atoms with Crippen molar-refractivity contribution in [3.05, 3.63) is 29.3 Å². The number of ether oxygens (including phenoxy) is 1. The fourth-order valence-corrected chi connectivity index (χ4v) is 3.08. The lowest BCUT2D eigenvalue weighted by Crippen LogP contribution is -2.23. The lowest BCUT2D eigenvalue weighted by Gasteiger charge is -2.11. The van der Waals surface area contributed by atoms with Gasteiger partial charge >= 0.3 is 5.97 Å². The molecule has 0 aliphatic heterocycles. The molecule has 0 radical (unpaired) electrons. The van der Waals surface area contributed by atoms with E-state index in [-0.39, 0.29) is 17.3 Å². The first-order valence-electron chi connectivity index (χ1n) is 5.51. The third-order valence-electron chi connectivity index (χ3n) is 2.33. The van der Waals surface area contributed by atoms with Gasteiger partial charge in [0, 0.05) is 5.02 Å². The smallest absolute Gasteiger partial charge is 0.309 e. The first kappa shape index (κ1) is 15.0. The van der Waals surface area contributed by atoms with Gasteiger partial charge in [-0.1, -0.05) is 18.5 Å². The van der Waals surface area contributed by atoms with E-state index >= 15 is 0 Å². The minimum Gasteiger partial charge on any atom is -0.466 e. The van der Waals surface area contributed by atoms with Crippen molar-refractivity contribution in [1.82, 2.24) is 0 Å². The maximum absolute atomic E-state index is 12.0. The van der Waals surface area contributed by atoms with Gasteiger partial charge in [0.25, 0.3) is 0 Å². The summed E-state index contributed by atoms with van der Waals surface area (Å²) in [5.74, 6) is -1.46. The molecule has 0 amide bonds. The minimum atomic E-state index is -3.50. The van der Waals surface area contributed by atoms with Crippen molar-refractivity contribution in [3.63, 3.8) is 0 Å². The number of hydrogen-bond acceptors (Lipinski definition) is 4. The molecular weight excluding hydrogens is 276 g/mol. The molecule has 1 aromatic rings. The lowest BCUT2D eigenvalue weighted by molar-refractivity contribution is -0.146. The van der Waals surface area contributed by atoms with Crippen LogP contribution in [0.1, 0.15) is 13.8 Å². The summed E-state index contributed by atoms with van der Waals surface area (Å²) in [7, 11) is -3.50. The molecule has 1 atom stereocenters. The van der Waals surface area contributed by atoms with Gasteiger partial charge in [0.2, 0.25) is 0 Å². The van der Waals surface area contributed by atoms with Crippen LogP contribution in [0, 0.1) is 5.92 Å². The maximum Gasteiger partial charge on any atom is 0.309 e. The van der Waals surface area contributed by atoms with Crippen molar-refractivity contribution in [2.45, 2.75) is 18.7 Å².